The standard InChI is InChI=1S/C24H19ClFN9O/c25-19-4-6-21(34-14-29-31-32-34)23(24(19)26)17-3-5-20(35(36)13-17)22(9-15-1-2-15)33-12-18(11-30-33)16-7-8-27-28-10-16/h3-8,10-15,22H,1-2,9H2. The highest BCUT2D eigenvalue weighted by molar-refractivity contribution is 6.31. The average molecular weight is 504 g/mol. The summed E-state index contributed by atoms with van der Waals surface area (Å²) in [6.07, 6.45) is 12.7. The summed E-state index contributed by atoms with van der Waals surface area (Å²) in [5, 5.41) is 36.7. The van der Waals surface area contributed by atoms with Gasteiger partial charge in [-0.1, -0.05) is 24.4 Å². The molecule has 4 aromatic heterocycles. The van der Waals surface area contributed by atoms with Gasteiger partial charge in [0.1, 0.15) is 12.4 Å². The largest absolute Gasteiger partial charge is 0.618 e. The summed E-state index contributed by atoms with van der Waals surface area (Å²) in [5.41, 5.74) is 3.14. The molecule has 4 heterocycles. The van der Waals surface area contributed by atoms with Crippen LogP contribution in [-0.4, -0.2) is 40.2 Å². The minimum atomic E-state index is -0.658. The van der Waals surface area contributed by atoms with E-state index in [2.05, 4.69) is 30.8 Å². The first-order valence-corrected chi connectivity index (χ1v) is 11.7. The van der Waals surface area contributed by atoms with Crippen LogP contribution in [0.4, 0.5) is 4.39 Å². The van der Waals surface area contributed by atoms with Crippen LogP contribution >= 0.6 is 11.6 Å². The van der Waals surface area contributed by atoms with Gasteiger partial charge in [-0.15, -0.1) is 5.10 Å². The number of halogens is 2. The Bertz CT molecular complexity index is 1520. The van der Waals surface area contributed by atoms with Crippen LogP contribution in [0.3, 0.4) is 0 Å². The number of nitrogens with zero attached hydrogens (tertiary/aromatic N) is 9. The minimum Gasteiger partial charge on any atom is -0.618 e. The van der Waals surface area contributed by atoms with Crippen molar-refractivity contribution >= 4 is 11.6 Å². The van der Waals surface area contributed by atoms with Crippen LogP contribution in [0.1, 0.15) is 31.0 Å². The van der Waals surface area contributed by atoms with E-state index < -0.39 is 5.82 Å². The van der Waals surface area contributed by atoms with Gasteiger partial charge in [0.15, 0.2) is 12.0 Å². The molecule has 0 bridgehead atoms. The Hall–Kier alpha value is -4.25. The zero-order valence-electron chi connectivity index (χ0n) is 18.8. The summed E-state index contributed by atoms with van der Waals surface area (Å²) in [4.78, 5) is 0. The van der Waals surface area contributed by atoms with Crippen molar-refractivity contribution < 1.29 is 9.12 Å². The summed E-state index contributed by atoms with van der Waals surface area (Å²) in [7, 11) is 0. The Morgan fingerprint density at radius 2 is 1.94 bits per heavy atom. The molecule has 5 aromatic rings. The number of rotatable bonds is 7. The summed E-state index contributed by atoms with van der Waals surface area (Å²) < 4.78 is 19.1. The van der Waals surface area contributed by atoms with Crippen LogP contribution in [0.2, 0.25) is 5.02 Å². The van der Waals surface area contributed by atoms with Gasteiger partial charge in [0.2, 0.25) is 5.69 Å². The number of aromatic nitrogens is 9. The van der Waals surface area contributed by atoms with Gasteiger partial charge in [-0.3, -0.25) is 4.68 Å². The lowest BCUT2D eigenvalue weighted by Gasteiger charge is -2.18. The van der Waals surface area contributed by atoms with Crippen molar-refractivity contribution in [2.45, 2.75) is 25.3 Å². The van der Waals surface area contributed by atoms with Crippen molar-refractivity contribution in [1.82, 2.24) is 40.2 Å². The zero-order valence-corrected chi connectivity index (χ0v) is 19.6. The van der Waals surface area contributed by atoms with Crippen molar-refractivity contribution in [2.24, 2.45) is 5.92 Å². The van der Waals surface area contributed by atoms with Crippen molar-refractivity contribution in [3.8, 4) is 27.9 Å². The SMILES string of the molecule is [O-][n+]1cc(-c2c(-n3cnnn3)ccc(Cl)c2F)ccc1C(CC1CC1)n1cc(-c2ccnnc2)cn1. The molecule has 6 rings (SSSR count). The van der Waals surface area contributed by atoms with Gasteiger partial charge in [-0.25, -0.2) is 4.39 Å². The molecule has 180 valence electrons. The van der Waals surface area contributed by atoms with Gasteiger partial charge in [-0.05, 0) is 47.0 Å². The minimum absolute atomic E-state index is 0.0652. The number of tetrazole rings is 1. The molecule has 1 aromatic carbocycles. The quantitative estimate of drug-likeness (QED) is 0.245. The Kier molecular flexibility index (Phi) is 5.61. The van der Waals surface area contributed by atoms with E-state index in [4.69, 9.17) is 11.6 Å². The Morgan fingerprint density at radius 3 is 2.67 bits per heavy atom. The van der Waals surface area contributed by atoms with Crippen LogP contribution < -0.4 is 4.73 Å². The van der Waals surface area contributed by atoms with Crippen LogP contribution in [0, 0.1) is 16.9 Å². The van der Waals surface area contributed by atoms with E-state index in [-0.39, 0.29) is 16.6 Å². The van der Waals surface area contributed by atoms with Gasteiger partial charge < -0.3 is 5.21 Å². The van der Waals surface area contributed by atoms with Crippen LogP contribution in [0.25, 0.3) is 27.9 Å². The number of pyridine rings is 1. The molecule has 10 nitrogen and oxygen atoms in total. The molecular weight excluding hydrogens is 485 g/mol. The third-order valence-corrected chi connectivity index (χ3v) is 6.63. The number of benzene rings is 1. The number of hydrogen-bond acceptors (Lipinski definition) is 7. The fraction of sp³-hybridized carbons (Fsp3) is 0.208. The van der Waals surface area contributed by atoms with Crippen molar-refractivity contribution in [3.05, 3.63) is 89.4 Å². The van der Waals surface area contributed by atoms with E-state index in [1.54, 1.807) is 36.8 Å². The highest BCUT2D eigenvalue weighted by Gasteiger charge is 2.32. The number of hydrogen-bond donors (Lipinski definition) is 0. The molecule has 0 spiro atoms. The highest BCUT2D eigenvalue weighted by atomic mass is 35.5. The summed E-state index contributed by atoms with van der Waals surface area (Å²) in [6.45, 7) is 0. The van der Waals surface area contributed by atoms with Crippen LogP contribution in [-0.2, 0) is 0 Å². The average Bonchev–Trinajstić information content (AvgIpc) is 3.33. The molecule has 0 amide bonds. The lowest BCUT2D eigenvalue weighted by atomic mass is 10.0. The smallest absolute Gasteiger partial charge is 0.217 e. The third-order valence-electron chi connectivity index (χ3n) is 6.34. The molecule has 0 radical (unpaired) electrons. The Balaban J connectivity index is 1.40. The molecule has 36 heavy (non-hydrogen) atoms. The van der Waals surface area contributed by atoms with Crippen molar-refractivity contribution in [1.29, 1.82) is 0 Å². The fourth-order valence-corrected chi connectivity index (χ4v) is 4.49. The van der Waals surface area contributed by atoms with Gasteiger partial charge in [0, 0.05) is 23.4 Å². The topological polar surface area (TPSA) is 114 Å². The lowest BCUT2D eigenvalue weighted by Crippen LogP contribution is -2.35. The van der Waals surface area contributed by atoms with E-state index in [1.165, 1.54) is 23.3 Å². The van der Waals surface area contributed by atoms with Crippen LogP contribution in [0.5, 0.6) is 0 Å². The molecule has 1 saturated carbocycles. The molecule has 1 atom stereocenters. The molecular formula is C24H19ClFN9O. The Labute approximate surface area is 209 Å². The maximum absolute atomic E-state index is 15.2. The predicted molar refractivity (Wildman–Crippen MR) is 127 cm³/mol. The molecule has 0 aliphatic heterocycles. The lowest BCUT2D eigenvalue weighted by molar-refractivity contribution is -0.615. The van der Waals surface area contributed by atoms with E-state index >= 15 is 4.39 Å². The first-order valence-electron chi connectivity index (χ1n) is 11.3. The first kappa shape index (κ1) is 22.2. The third kappa shape index (κ3) is 4.17. The predicted octanol–water partition coefficient (Wildman–Crippen LogP) is 3.80. The van der Waals surface area contributed by atoms with E-state index in [9.17, 15) is 5.21 Å². The molecule has 1 aliphatic rings. The molecule has 1 unspecified atom stereocenters. The molecule has 0 saturated heterocycles. The second-order valence-electron chi connectivity index (χ2n) is 8.71. The Morgan fingerprint density at radius 1 is 1.06 bits per heavy atom. The molecule has 1 fully saturated rings. The first-order chi connectivity index (χ1) is 17.6. The van der Waals surface area contributed by atoms with Crippen molar-refractivity contribution in [3.63, 3.8) is 0 Å². The maximum atomic E-state index is 15.2. The highest BCUT2D eigenvalue weighted by Crippen LogP contribution is 2.39. The summed E-state index contributed by atoms with van der Waals surface area (Å²) >= 11 is 6.07. The van der Waals surface area contributed by atoms with Gasteiger partial charge >= 0.3 is 0 Å². The molecule has 12 heteroatoms. The van der Waals surface area contributed by atoms with Crippen LogP contribution in [0.15, 0.2) is 67.6 Å². The van der Waals surface area contributed by atoms with E-state index in [0.29, 0.717) is 22.9 Å². The zero-order chi connectivity index (χ0) is 24.6. The van der Waals surface area contributed by atoms with Crippen molar-refractivity contribution in [2.75, 3.05) is 0 Å². The van der Waals surface area contributed by atoms with Gasteiger partial charge in [-0.2, -0.15) is 24.7 Å². The van der Waals surface area contributed by atoms with E-state index in [0.717, 1.165) is 35.1 Å². The summed E-state index contributed by atoms with van der Waals surface area (Å²) in [6, 6.07) is 8.04. The van der Waals surface area contributed by atoms with E-state index in [1.807, 2.05) is 16.9 Å². The monoisotopic (exact) mass is 503 g/mol. The fourth-order valence-electron chi connectivity index (χ4n) is 4.33. The normalized spacial score (nSPS) is 14.2. The second kappa shape index (κ2) is 9.08. The molecule has 1 aliphatic carbocycles. The maximum Gasteiger partial charge on any atom is 0.217 e. The summed E-state index contributed by atoms with van der Waals surface area (Å²) in [5.74, 6) is -0.128. The second-order valence-corrected chi connectivity index (χ2v) is 9.12. The van der Waals surface area contributed by atoms with Gasteiger partial charge in [0.25, 0.3) is 0 Å². The van der Waals surface area contributed by atoms with Gasteiger partial charge in [0.05, 0.1) is 40.4 Å². The molecule has 0 N–H and O–H groups in total.